The molecular formula is C26H33N3O2S2. The number of nitrogens with zero attached hydrogens (tertiary/aromatic N) is 3. The van der Waals surface area contributed by atoms with Crippen LogP contribution in [0.25, 0.3) is 10.2 Å². The van der Waals surface area contributed by atoms with Crippen molar-refractivity contribution < 1.29 is 12.5 Å². The molecule has 1 aromatic heterocycles. The maximum Gasteiger partial charge on any atom is 0.243 e. The van der Waals surface area contributed by atoms with E-state index in [-0.39, 0.29) is 12.0 Å². The van der Waals surface area contributed by atoms with Gasteiger partial charge in [-0.2, -0.15) is 4.31 Å². The molecule has 5 rings (SSSR count). The molecule has 3 heterocycles. The van der Waals surface area contributed by atoms with Crippen LogP contribution in [0.5, 0.6) is 0 Å². The van der Waals surface area contributed by atoms with E-state index in [4.69, 9.17) is 9.10 Å². The van der Waals surface area contributed by atoms with E-state index in [0.29, 0.717) is 30.4 Å². The Morgan fingerprint density at radius 1 is 1.06 bits per heavy atom. The number of aromatic nitrogens is 1. The molecule has 176 valence electrons. The van der Waals surface area contributed by atoms with E-state index in [1.165, 1.54) is 0 Å². The SMILES string of the molecule is [2H]C([2H])([2H])N1CCC(c2nc3cc(C4CCC(C)CN4S(=O)(=O)c4ccc(C)cc4)ccc3s2)CC1. The quantitative estimate of drug-likeness (QED) is 0.483. The molecule has 2 saturated heterocycles. The van der Waals surface area contributed by atoms with Gasteiger partial charge in [-0.1, -0.05) is 30.7 Å². The van der Waals surface area contributed by atoms with Crippen LogP contribution >= 0.6 is 11.3 Å². The molecule has 0 saturated carbocycles. The third kappa shape index (κ3) is 4.61. The van der Waals surface area contributed by atoms with E-state index in [1.807, 2.05) is 19.1 Å². The molecule has 3 aromatic rings. The first kappa shape index (κ1) is 19.5. The summed E-state index contributed by atoms with van der Waals surface area (Å²) in [6.07, 6.45) is 3.33. The van der Waals surface area contributed by atoms with Crippen molar-refractivity contribution >= 4 is 31.6 Å². The predicted molar refractivity (Wildman–Crippen MR) is 135 cm³/mol. The Bertz CT molecular complexity index is 1330. The fraction of sp³-hybridized carbons (Fsp3) is 0.500. The summed E-state index contributed by atoms with van der Waals surface area (Å²) in [6.45, 7) is 3.64. The van der Waals surface area contributed by atoms with Gasteiger partial charge < -0.3 is 4.90 Å². The fourth-order valence-corrected chi connectivity index (χ4v) is 7.91. The molecule has 0 radical (unpaired) electrons. The van der Waals surface area contributed by atoms with Crippen molar-refractivity contribution in [1.82, 2.24) is 14.2 Å². The minimum atomic E-state index is -3.63. The molecule has 2 atom stereocenters. The average molecular weight is 487 g/mol. The molecule has 0 spiro atoms. The second-order valence-electron chi connectivity index (χ2n) is 9.63. The minimum absolute atomic E-state index is 0.218. The number of hydrogen-bond acceptors (Lipinski definition) is 5. The summed E-state index contributed by atoms with van der Waals surface area (Å²) in [5, 5.41) is 1.05. The van der Waals surface area contributed by atoms with E-state index >= 15 is 0 Å². The zero-order valence-electron chi connectivity index (χ0n) is 22.2. The number of thiazole rings is 1. The lowest BCUT2D eigenvalue weighted by atomic mass is 9.92. The highest BCUT2D eigenvalue weighted by atomic mass is 32.2. The summed E-state index contributed by atoms with van der Waals surface area (Å²) in [4.78, 5) is 6.85. The zero-order chi connectivity index (χ0) is 25.7. The van der Waals surface area contributed by atoms with Gasteiger partial charge in [0.2, 0.25) is 10.0 Å². The van der Waals surface area contributed by atoms with Gasteiger partial charge in [0.1, 0.15) is 0 Å². The van der Waals surface area contributed by atoms with Crippen LogP contribution in [0.2, 0.25) is 0 Å². The zero-order valence-corrected chi connectivity index (χ0v) is 20.8. The molecule has 7 heteroatoms. The van der Waals surface area contributed by atoms with Gasteiger partial charge in [-0.15, -0.1) is 11.3 Å². The third-order valence-corrected chi connectivity index (χ3v) is 10.1. The lowest BCUT2D eigenvalue weighted by Gasteiger charge is -2.38. The number of sulfonamides is 1. The second-order valence-corrected chi connectivity index (χ2v) is 12.6. The summed E-state index contributed by atoms with van der Waals surface area (Å²) in [7, 11) is -3.63. The Balaban J connectivity index is 1.41. The van der Waals surface area contributed by atoms with E-state index in [1.54, 1.807) is 32.7 Å². The number of benzene rings is 2. The summed E-state index contributed by atoms with van der Waals surface area (Å²) < 4.78 is 53.0. The lowest BCUT2D eigenvalue weighted by Crippen LogP contribution is -2.41. The number of piperidine rings is 2. The Kier molecular flexibility index (Phi) is 5.38. The highest BCUT2D eigenvalue weighted by molar-refractivity contribution is 7.89. The number of aryl methyl sites for hydroxylation is 1. The number of fused-ring (bicyclic) bond motifs is 1. The first-order valence-corrected chi connectivity index (χ1v) is 14.0. The van der Waals surface area contributed by atoms with Crippen molar-refractivity contribution in [3.63, 3.8) is 0 Å². The van der Waals surface area contributed by atoms with Crippen molar-refractivity contribution in [3.8, 4) is 0 Å². The Morgan fingerprint density at radius 3 is 2.55 bits per heavy atom. The van der Waals surface area contributed by atoms with Gasteiger partial charge in [-0.3, -0.25) is 0 Å². The fourth-order valence-electron chi connectivity index (χ4n) is 5.03. The van der Waals surface area contributed by atoms with Crippen LogP contribution in [-0.2, 0) is 10.0 Å². The lowest BCUT2D eigenvalue weighted by molar-refractivity contribution is 0.207. The van der Waals surface area contributed by atoms with Gasteiger partial charge in [0, 0.05) is 16.6 Å². The molecule has 5 nitrogen and oxygen atoms in total. The first-order valence-electron chi connectivity index (χ1n) is 13.3. The summed E-state index contributed by atoms with van der Waals surface area (Å²) >= 11 is 1.67. The smallest absolute Gasteiger partial charge is 0.243 e. The van der Waals surface area contributed by atoms with E-state index in [0.717, 1.165) is 52.0 Å². The van der Waals surface area contributed by atoms with Gasteiger partial charge in [0.05, 0.1) is 26.2 Å². The number of likely N-dealkylation sites (tertiary alicyclic amines) is 1. The number of rotatable bonds is 4. The van der Waals surface area contributed by atoms with Crippen molar-refractivity contribution in [2.45, 2.75) is 56.4 Å². The van der Waals surface area contributed by atoms with Gasteiger partial charge in [0.15, 0.2) is 0 Å². The van der Waals surface area contributed by atoms with Crippen LogP contribution in [0.1, 0.15) is 64.8 Å². The standard InChI is InChI=1S/C26H33N3O2S2/c1-18-4-8-22(9-5-18)33(30,31)29-17-19(2)6-10-24(29)21-7-11-25-23(16-21)27-26(32-25)20-12-14-28(3)15-13-20/h4-5,7-9,11,16,19-20,24H,6,10,12-15,17H2,1-3H3/i3D3. The molecule has 2 aliphatic rings. The average Bonchev–Trinajstić information content (AvgIpc) is 3.27. The molecule has 2 fully saturated rings. The van der Waals surface area contributed by atoms with Crippen LogP contribution in [0, 0.1) is 12.8 Å². The maximum absolute atomic E-state index is 13.7. The van der Waals surface area contributed by atoms with Crippen molar-refractivity contribution in [3.05, 3.63) is 58.6 Å². The first-order chi connectivity index (χ1) is 17.0. The van der Waals surface area contributed by atoms with Gasteiger partial charge >= 0.3 is 0 Å². The van der Waals surface area contributed by atoms with Crippen LogP contribution in [-0.4, -0.2) is 49.2 Å². The molecule has 2 aliphatic heterocycles. The Labute approximate surface area is 205 Å². The summed E-state index contributed by atoms with van der Waals surface area (Å²) in [6, 6.07) is 13.1. The number of hydrogen-bond donors (Lipinski definition) is 0. The third-order valence-electron chi connectivity index (χ3n) is 7.06. The van der Waals surface area contributed by atoms with Crippen molar-refractivity contribution in [2.24, 2.45) is 5.92 Å². The van der Waals surface area contributed by atoms with Crippen LogP contribution < -0.4 is 0 Å². The van der Waals surface area contributed by atoms with Gasteiger partial charge in [0.25, 0.3) is 0 Å². The largest absolute Gasteiger partial charge is 0.306 e. The summed E-state index contributed by atoms with van der Waals surface area (Å²) in [5.41, 5.74) is 2.92. The van der Waals surface area contributed by atoms with E-state index < -0.39 is 17.0 Å². The van der Waals surface area contributed by atoms with E-state index in [9.17, 15) is 8.42 Å². The van der Waals surface area contributed by atoms with Crippen LogP contribution in [0.3, 0.4) is 0 Å². The molecule has 33 heavy (non-hydrogen) atoms. The predicted octanol–water partition coefficient (Wildman–Crippen LogP) is 5.58. The molecule has 0 bridgehead atoms. The normalized spacial score (nSPS) is 25.6. The van der Waals surface area contributed by atoms with Crippen LogP contribution in [0.4, 0.5) is 0 Å². The van der Waals surface area contributed by atoms with Gasteiger partial charge in [-0.05, 0) is 88.4 Å². The Hall–Kier alpha value is -1.80. The van der Waals surface area contributed by atoms with Crippen molar-refractivity contribution in [2.75, 3.05) is 26.6 Å². The van der Waals surface area contributed by atoms with E-state index in [2.05, 4.69) is 25.1 Å². The molecular weight excluding hydrogens is 450 g/mol. The molecule has 2 aromatic carbocycles. The second kappa shape index (κ2) is 9.10. The highest BCUT2D eigenvalue weighted by Gasteiger charge is 2.37. The van der Waals surface area contributed by atoms with Gasteiger partial charge in [-0.25, -0.2) is 13.4 Å². The molecule has 0 aliphatic carbocycles. The molecule has 0 N–H and O–H groups in total. The van der Waals surface area contributed by atoms with Crippen molar-refractivity contribution in [1.29, 1.82) is 0 Å². The monoisotopic (exact) mass is 486 g/mol. The highest BCUT2D eigenvalue weighted by Crippen LogP contribution is 2.40. The minimum Gasteiger partial charge on any atom is -0.306 e. The summed E-state index contributed by atoms with van der Waals surface area (Å²) in [5.74, 6) is 0.565. The molecule has 2 unspecified atom stereocenters. The topological polar surface area (TPSA) is 53.5 Å². The Morgan fingerprint density at radius 2 is 1.82 bits per heavy atom. The molecule has 0 amide bonds. The van der Waals surface area contributed by atoms with Crippen LogP contribution in [0.15, 0.2) is 47.4 Å². The maximum atomic E-state index is 13.7.